The second-order valence-electron chi connectivity index (χ2n) is 6.42. The molecule has 0 aliphatic carbocycles. The third-order valence-electron chi connectivity index (χ3n) is 3.97. The van der Waals surface area contributed by atoms with Crippen molar-refractivity contribution in [1.82, 2.24) is 0 Å². The lowest BCUT2D eigenvalue weighted by molar-refractivity contribution is -0.114. The fraction of sp³-hybridized carbons (Fsp3) is 0.333. The van der Waals surface area contributed by atoms with Gasteiger partial charge >= 0.3 is 0 Å². The predicted molar refractivity (Wildman–Crippen MR) is 111 cm³/mol. The van der Waals surface area contributed by atoms with E-state index in [2.05, 4.69) is 31.4 Å². The Bertz CT molecular complexity index is 725. The average molecular weight is 371 g/mol. The van der Waals surface area contributed by atoms with E-state index in [1.807, 2.05) is 48.5 Å². The standard InChI is InChI=1S/C21H26N2O2S/c1-4-16-5-9-18(10-6-16)22-20(24)13-26-14-21(25)23-19-11-7-17(8-12-19)15(2)3/h5-12,15H,4,13-14H2,1-3H3,(H,22,24)(H,23,25). The molecule has 2 rings (SSSR count). The summed E-state index contributed by atoms with van der Waals surface area (Å²) in [5.41, 5.74) is 4.03. The number of amides is 2. The minimum Gasteiger partial charge on any atom is -0.325 e. The van der Waals surface area contributed by atoms with Gasteiger partial charge < -0.3 is 10.6 Å². The van der Waals surface area contributed by atoms with Crippen LogP contribution in [0.25, 0.3) is 0 Å². The van der Waals surface area contributed by atoms with Crippen molar-refractivity contribution in [3.05, 3.63) is 59.7 Å². The van der Waals surface area contributed by atoms with Gasteiger partial charge in [0.2, 0.25) is 11.8 Å². The largest absolute Gasteiger partial charge is 0.325 e. The quantitative estimate of drug-likeness (QED) is 0.709. The molecular formula is C21H26N2O2S. The van der Waals surface area contributed by atoms with Crippen LogP contribution in [0.5, 0.6) is 0 Å². The molecule has 2 aromatic carbocycles. The summed E-state index contributed by atoms with van der Waals surface area (Å²) in [7, 11) is 0. The van der Waals surface area contributed by atoms with Crippen LogP contribution in [-0.2, 0) is 16.0 Å². The fourth-order valence-corrected chi connectivity index (χ4v) is 3.02. The lowest BCUT2D eigenvalue weighted by Crippen LogP contribution is -2.18. The summed E-state index contributed by atoms with van der Waals surface area (Å²) in [6.45, 7) is 6.36. The number of anilines is 2. The van der Waals surface area contributed by atoms with E-state index in [-0.39, 0.29) is 23.3 Å². The van der Waals surface area contributed by atoms with Gasteiger partial charge in [0, 0.05) is 11.4 Å². The molecule has 2 N–H and O–H groups in total. The Morgan fingerprint density at radius 1 is 0.846 bits per heavy atom. The first-order valence-electron chi connectivity index (χ1n) is 8.84. The van der Waals surface area contributed by atoms with Gasteiger partial charge in [0.15, 0.2) is 0 Å². The minimum atomic E-state index is -0.104. The maximum absolute atomic E-state index is 12.0. The zero-order valence-electron chi connectivity index (χ0n) is 15.5. The molecule has 2 aromatic rings. The number of rotatable bonds is 8. The Morgan fingerprint density at radius 2 is 1.31 bits per heavy atom. The highest BCUT2D eigenvalue weighted by atomic mass is 32.2. The number of aryl methyl sites for hydroxylation is 1. The van der Waals surface area contributed by atoms with Crippen LogP contribution in [0.1, 0.15) is 37.8 Å². The molecule has 0 saturated carbocycles. The van der Waals surface area contributed by atoms with E-state index in [1.165, 1.54) is 22.9 Å². The first-order chi connectivity index (χ1) is 12.5. The lowest BCUT2D eigenvalue weighted by atomic mass is 10.0. The predicted octanol–water partition coefficient (Wildman–Crippen LogP) is 4.68. The van der Waals surface area contributed by atoms with Crippen molar-refractivity contribution in [2.75, 3.05) is 22.1 Å². The Kier molecular flexibility index (Phi) is 7.73. The minimum absolute atomic E-state index is 0.103. The second-order valence-corrected chi connectivity index (χ2v) is 7.40. The van der Waals surface area contributed by atoms with Crippen molar-refractivity contribution in [3.63, 3.8) is 0 Å². The summed E-state index contributed by atoms with van der Waals surface area (Å²) in [6, 6.07) is 15.6. The molecule has 0 atom stereocenters. The normalized spacial score (nSPS) is 10.6. The molecule has 0 radical (unpaired) electrons. The lowest BCUT2D eigenvalue weighted by Gasteiger charge is -2.09. The van der Waals surface area contributed by atoms with Crippen molar-refractivity contribution < 1.29 is 9.59 Å². The van der Waals surface area contributed by atoms with Gasteiger partial charge in [-0.25, -0.2) is 0 Å². The van der Waals surface area contributed by atoms with E-state index in [1.54, 1.807) is 0 Å². The maximum atomic E-state index is 12.0. The SMILES string of the molecule is CCc1ccc(NC(=O)CSCC(=O)Nc2ccc(C(C)C)cc2)cc1. The first-order valence-corrected chi connectivity index (χ1v) is 9.99. The molecule has 0 unspecified atom stereocenters. The molecule has 0 aliphatic heterocycles. The van der Waals surface area contributed by atoms with E-state index < -0.39 is 0 Å². The summed E-state index contributed by atoms with van der Waals surface area (Å²) in [6.07, 6.45) is 0.972. The number of nitrogens with one attached hydrogen (secondary N) is 2. The van der Waals surface area contributed by atoms with E-state index >= 15 is 0 Å². The molecule has 138 valence electrons. The van der Waals surface area contributed by atoms with Gasteiger partial charge in [-0.15, -0.1) is 11.8 Å². The Morgan fingerprint density at radius 3 is 1.73 bits per heavy atom. The van der Waals surface area contributed by atoms with E-state index in [0.717, 1.165) is 17.8 Å². The smallest absolute Gasteiger partial charge is 0.234 e. The monoisotopic (exact) mass is 370 g/mol. The molecule has 0 saturated heterocycles. The number of benzene rings is 2. The van der Waals surface area contributed by atoms with Crippen molar-refractivity contribution in [2.45, 2.75) is 33.1 Å². The summed E-state index contributed by atoms with van der Waals surface area (Å²) < 4.78 is 0. The fourth-order valence-electron chi connectivity index (χ4n) is 2.41. The van der Waals surface area contributed by atoms with Crippen LogP contribution in [0.2, 0.25) is 0 Å². The highest BCUT2D eigenvalue weighted by Crippen LogP contribution is 2.17. The van der Waals surface area contributed by atoms with Crippen LogP contribution in [0.3, 0.4) is 0 Å². The van der Waals surface area contributed by atoms with Crippen LogP contribution < -0.4 is 10.6 Å². The summed E-state index contributed by atoms with van der Waals surface area (Å²) in [4.78, 5) is 23.9. The average Bonchev–Trinajstić information content (AvgIpc) is 2.62. The van der Waals surface area contributed by atoms with Crippen LogP contribution in [0.15, 0.2) is 48.5 Å². The van der Waals surface area contributed by atoms with Crippen molar-refractivity contribution >= 4 is 35.0 Å². The number of hydrogen-bond donors (Lipinski definition) is 2. The van der Waals surface area contributed by atoms with E-state index in [0.29, 0.717) is 5.92 Å². The zero-order chi connectivity index (χ0) is 18.9. The molecule has 0 bridgehead atoms. The van der Waals surface area contributed by atoms with Gasteiger partial charge in [0.25, 0.3) is 0 Å². The third kappa shape index (κ3) is 6.56. The number of hydrogen-bond acceptors (Lipinski definition) is 3. The van der Waals surface area contributed by atoms with E-state index in [4.69, 9.17) is 0 Å². The third-order valence-corrected chi connectivity index (χ3v) is 4.91. The van der Waals surface area contributed by atoms with Gasteiger partial charge in [-0.05, 0) is 47.7 Å². The highest BCUT2D eigenvalue weighted by molar-refractivity contribution is 8.00. The van der Waals surface area contributed by atoms with Crippen LogP contribution in [-0.4, -0.2) is 23.3 Å². The molecular weight excluding hydrogens is 344 g/mol. The molecule has 0 heterocycles. The van der Waals surface area contributed by atoms with Gasteiger partial charge in [-0.1, -0.05) is 45.0 Å². The Hall–Kier alpha value is -2.27. The molecule has 26 heavy (non-hydrogen) atoms. The molecule has 4 nitrogen and oxygen atoms in total. The van der Waals surface area contributed by atoms with E-state index in [9.17, 15) is 9.59 Å². The molecule has 0 aliphatic rings. The van der Waals surface area contributed by atoms with Gasteiger partial charge in [0.1, 0.15) is 0 Å². The molecule has 0 spiro atoms. The van der Waals surface area contributed by atoms with Crippen LogP contribution >= 0.6 is 11.8 Å². The topological polar surface area (TPSA) is 58.2 Å². The zero-order valence-corrected chi connectivity index (χ0v) is 16.4. The van der Waals surface area contributed by atoms with Crippen LogP contribution in [0.4, 0.5) is 11.4 Å². The second kappa shape index (κ2) is 10.0. The Labute approximate surface area is 159 Å². The summed E-state index contributed by atoms with van der Waals surface area (Å²) in [5.74, 6) is 0.747. The molecule has 5 heteroatoms. The maximum Gasteiger partial charge on any atom is 0.234 e. The van der Waals surface area contributed by atoms with Crippen molar-refractivity contribution in [2.24, 2.45) is 0 Å². The Balaban J connectivity index is 1.70. The number of thioether (sulfide) groups is 1. The van der Waals surface area contributed by atoms with Gasteiger partial charge in [0.05, 0.1) is 11.5 Å². The van der Waals surface area contributed by atoms with Crippen molar-refractivity contribution in [1.29, 1.82) is 0 Å². The molecule has 0 aromatic heterocycles. The summed E-state index contributed by atoms with van der Waals surface area (Å²) >= 11 is 1.30. The molecule has 0 fully saturated rings. The number of carbonyl (C=O) groups excluding carboxylic acids is 2. The highest BCUT2D eigenvalue weighted by Gasteiger charge is 2.07. The van der Waals surface area contributed by atoms with Gasteiger partial charge in [-0.2, -0.15) is 0 Å². The number of carbonyl (C=O) groups is 2. The van der Waals surface area contributed by atoms with Gasteiger partial charge in [-0.3, -0.25) is 9.59 Å². The van der Waals surface area contributed by atoms with Crippen molar-refractivity contribution in [3.8, 4) is 0 Å². The molecule has 2 amide bonds. The first kappa shape index (κ1) is 20.0. The summed E-state index contributed by atoms with van der Waals surface area (Å²) in [5, 5.41) is 5.69. The van der Waals surface area contributed by atoms with Crippen LogP contribution in [0, 0.1) is 0 Å².